The maximum Gasteiger partial charge on any atom is 0.128 e. The molecule has 1 aliphatic heterocycles. The highest BCUT2D eigenvalue weighted by atomic mass is 15.2. The number of piperidine rings is 1. The van der Waals surface area contributed by atoms with Gasteiger partial charge in [-0.05, 0) is 48.9 Å². The van der Waals surface area contributed by atoms with Crippen molar-refractivity contribution in [3.05, 3.63) is 46.9 Å². The van der Waals surface area contributed by atoms with Crippen LogP contribution in [-0.2, 0) is 20.1 Å². The van der Waals surface area contributed by atoms with E-state index in [-0.39, 0.29) is 0 Å². The average Bonchev–Trinajstić information content (AvgIpc) is 2.91. The van der Waals surface area contributed by atoms with E-state index in [1.165, 1.54) is 24.0 Å². The van der Waals surface area contributed by atoms with Gasteiger partial charge in [-0.15, -0.1) is 0 Å². The van der Waals surface area contributed by atoms with E-state index in [0.29, 0.717) is 5.69 Å². The molecule has 2 aromatic heterocycles. The van der Waals surface area contributed by atoms with Crippen molar-refractivity contribution in [2.24, 2.45) is 13.0 Å². The molecule has 0 aliphatic carbocycles. The van der Waals surface area contributed by atoms with Gasteiger partial charge in [-0.2, -0.15) is 5.26 Å². The maximum absolute atomic E-state index is 9.10. The van der Waals surface area contributed by atoms with Crippen LogP contribution < -0.4 is 10.2 Å². The zero-order valence-electron chi connectivity index (χ0n) is 15.4. The Morgan fingerprint density at radius 2 is 2.04 bits per heavy atom. The smallest absolute Gasteiger partial charge is 0.128 e. The van der Waals surface area contributed by atoms with Crippen LogP contribution in [0.15, 0.2) is 24.4 Å². The molecule has 1 fully saturated rings. The largest absolute Gasteiger partial charge is 0.357 e. The van der Waals surface area contributed by atoms with E-state index in [4.69, 9.17) is 5.26 Å². The molecule has 0 radical (unpaired) electrons. The second-order valence-electron chi connectivity index (χ2n) is 7.11. The predicted molar refractivity (Wildman–Crippen MR) is 100 cm³/mol. The van der Waals surface area contributed by atoms with Crippen LogP contribution in [0.25, 0.3) is 0 Å². The first-order chi connectivity index (χ1) is 12.1. The van der Waals surface area contributed by atoms with Crippen molar-refractivity contribution in [1.29, 1.82) is 5.26 Å². The summed E-state index contributed by atoms with van der Waals surface area (Å²) >= 11 is 0. The highest BCUT2D eigenvalue weighted by Crippen LogP contribution is 2.21. The number of hydrogen-bond acceptors (Lipinski definition) is 4. The number of rotatable bonds is 5. The van der Waals surface area contributed by atoms with Crippen LogP contribution in [0.3, 0.4) is 0 Å². The monoisotopic (exact) mass is 337 g/mol. The number of anilines is 1. The van der Waals surface area contributed by atoms with Crippen LogP contribution >= 0.6 is 0 Å². The van der Waals surface area contributed by atoms with Gasteiger partial charge in [-0.1, -0.05) is 13.0 Å². The molecule has 0 spiro atoms. The van der Waals surface area contributed by atoms with Gasteiger partial charge in [0.1, 0.15) is 17.6 Å². The summed E-state index contributed by atoms with van der Waals surface area (Å²) in [7, 11) is 1.93. The van der Waals surface area contributed by atoms with E-state index in [1.54, 1.807) is 0 Å². The molecule has 5 nitrogen and oxygen atoms in total. The Morgan fingerprint density at radius 3 is 2.64 bits per heavy atom. The van der Waals surface area contributed by atoms with Crippen molar-refractivity contribution < 1.29 is 0 Å². The molecule has 1 N–H and O–H groups in total. The summed E-state index contributed by atoms with van der Waals surface area (Å²) in [5.41, 5.74) is 4.20. The van der Waals surface area contributed by atoms with Gasteiger partial charge < -0.3 is 14.8 Å². The summed E-state index contributed by atoms with van der Waals surface area (Å²) in [6, 6.07) is 8.48. The molecule has 1 aliphatic rings. The van der Waals surface area contributed by atoms with Gasteiger partial charge >= 0.3 is 0 Å². The van der Waals surface area contributed by atoms with Crippen LogP contribution in [0.4, 0.5) is 5.82 Å². The standard InChI is InChI=1S/C20H27N5/c1-15-6-8-25(9-7-15)20-5-4-17(13-23-20)12-22-14-18-10-19(11-21)24(3)16(18)2/h4-5,10,13,15,22H,6-9,12,14H2,1-3H3. The van der Waals surface area contributed by atoms with E-state index in [0.717, 1.165) is 43.6 Å². The predicted octanol–water partition coefficient (Wildman–Crippen LogP) is 3.13. The van der Waals surface area contributed by atoms with Crippen molar-refractivity contribution in [2.45, 2.75) is 39.8 Å². The third-order valence-corrected chi connectivity index (χ3v) is 5.32. The minimum atomic E-state index is 0.705. The molecule has 1 saturated heterocycles. The number of pyridine rings is 1. The zero-order valence-corrected chi connectivity index (χ0v) is 15.4. The fourth-order valence-electron chi connectivity index (χ4n) is 3.34. The number of aromatic nitrogens is 2. The lowest BCUT2D eigenvalue weighted by molar-refractivity contribution is 0.436. The topological polar surface area (TPSA) is 56.9 Å². The quantitative estimate of drug-likeness (QED) is 0.911. The highest BCUT2D eigenvalue weighted by molar-refractivity contribution is 5.40. The van der Waals surface area contributed by atoms with Gasteiger partial charge in [0, 0.05) is 45.1 Å². The third-order valence-electron chi connectivity index (χ3n) is 5.32. The Labute approximate surface area is 150 Å². The van der Waals surface area contributed by atoms with Gasteiger partial charge in [0.05, 0.1) is 0 Å². The lowest BCUT2D eigenvalue weighted by atomic mass is 9.99. The lowest BCUT2D eigenvalue weighted by Gasteiger charge is -2.31. The summed E-state index contributed by atoms with van der Waals surface area (Å²) in [6.07, 6.45) is 4.48. The molecule has 0 amide bonds. The Hall–Kier alpha value is -2.32. The highest BCUT2D eigenvalue weighted by Gasteiger charge is 2.16. The Kier molecular flexibility index (Phi) is 5.40. The Morgan fingerprint density at radius 1 is 1.28 bits per heavy atom. The summed E-state index contributed by atoms with van der Waals surface area (Å²) in [5.74, 6) is 1.93. The summed E-state index contributed by atoms with van der Waals surface area (Å²) < 4.78 is 1.94. The molecule has 0 aromatic carbocycles. The van der Waals surface area contributed by atoms with E-state index >= 15 is 0 Å². The van der Waals surface area contributed by atoms with Crippen LogP contribution in [0.2, 0.25) is 0 Å². The number of nitrogens with one attached hydrogen (secondary N) is 1. The van der Waals surface area contributed by atoms with Crippen molar-refractivity contribution in [2.75, 3.05) is 18.0 Å². The Balaban J connectivity index is 1.53. The third kappa shape index (κ3) is 4.02. The van der Waals surface area contributed by atoms with E-state index in [1.807, 2.05) is 30.8 Å². The maximum atomic E-state index is 9.10. The van der Waals surface area contributed by atoms with Gasteiger partial charge in [0.2, 0.25) is 0 Å². The normalized spacial score (nSPS) is 15.4. The molecule has 0 bridgehead atoms. The van der Waals surface area contributed by atoms with Crippen LogP contribution in [0, 0.1) is 24.2 Å². The van der Waals surface area contributed by atoms with Crippen molar-refractivity contribution in [3.8, 4) is 6.07 Å². The summed E-state index contributed by atoms with van der Waals surface area (Å²) in [6.45, 7) is 8.13. The van der Waals surface area contributed by atoms with Crippen molar-refractivity contribution in [3.63, 3.8) is 0 Å². The number of nitrogens with zero attached hydrogens (tertiary/aromatic N) is 4. The van der Waals surface area contributed by atoms with E-state index in [2.05, 4.69) is 40.3 Å². The van der Waals surface area contributed by atoms with Crippen LogP contribution in [0.1, 0.15) is 42.3 Å². The van der Waals surface area contributed by atoms with E-state index in [9.17, 15) is 0 Å². The van der Waals surface area contributed by atoms with Crippen molar-refractivity contribution >= 4 is 5.82 Å². The molecule has 3 rings (SSSR count). The van der Waals surface area contributed by atoms with Gasteiger partial charge in [-0.3, -0.25) is 0 Å². The molecule has 132 valence electrons. The first-order valence-corrected chi connectivity index (χ1v) is 9.04. The number of nitriles is 1. The van der Waals surface area contributed by atoms with Gasteiger partial charge in [0.25, 0.3) is 0 Å². The fourth-order valence-corrected chi connectivity index (χ4v) is 3.34. The second-order valence-corrected chi connectivity index (χ2v) is 7.11. The molecule has 0 unspecified atom stereocenters. The molecule has 0 atom stereocenters. The molecule has 2 aromatic rings. The Bertz CT molecular complexity index is 746. The molecule has 5 heteroatoms. The summed E-state index contributed by atoms with van der Waals surface area (Å²) in [4.78, 5) is 7.02. The molecule has 3 heterocycles. The van der Waals surface area contributed by atoms with Gasteiger partial charge in [0.15, 0.2) is 0 Å². The van der Waals surface area contributed by atoms with Gasteiger partial charge in [-0.25, -0.2) is 4.98 Å². The van der Waals surface area contributed by atoms with Crippen LogP contribution in [0.5, 0.6) is 0 Å². The SMILES string of the molecule is Cc1c(CNCc2ccc(N3CCC(C)CC3)nc2)cc(C#N)n1C. The minimum Gasteiger partial charge on any atom is -0.357 e. The van der Waals surface area contributed by atoms with Crippen molar-refractivity contribution in [1.82, 2.24) is 14.9 Å². The molecular formula is C20H27N5. The minimum absolute atomic E-state index is 0.705. The molecular weight excluding hydrogens is 310 g/mol. The first kappa shape index (κ1) is 17.5. The first-order valence-electron chi connectivity index (χ1n) is 9.04. The van der Waals surface area contributed by atoms with Crippen LogP contribution in [-0.4, -0.2) is 22.6 Å². The second kappa shape index (κ2) is 7.71. The van der Waals surface area contributed by atoms with E-state index < -0.39 is 0 Å². The number of hydrogen-bond donors (Lipinski definition) is 1. The zero-order chi connectivity index (χ0) is 17.8. The molecule has 25 heavy (non-hydrogen) atoms. The summed E-state index contributed by atoms with van der Waals surface area (Å²) in [5, 5.41) is 12.6. The average molecular weight is 337 g/mol. The molecule has 0 saturated carbocycles. The fraction of sp³-hybridized carbons (Fsp3) is 0.500. The lowest BCUT2D eigenvalue weighted by Crippen LogP contribution is -2.33.